The van der Waals surface area contributed by atoms with Gasteiger partial charge in [0.1, 0.15) is 17.1 Å². The van der Waals surface area contributed by atoms with E-state index in [4.69, 9.17) is 5.73 Å². The standard InChI is InChI=1S/C13H16N2O4/c14-12(18)8-4-6-15(7-5-8)13(19)11-9(16)2-1-3-10(11)17/h1-3,8,16-17H,4-7H2,(H2,14,18). The molecule has 1 aromatic rings. The Bertz CT molecular complexity index is 487. The van der Waals surface area contributed by atoms with Crippen LogP contribution in [0, 0.1) is 5.92 Å². The van der Waals surface area contributed by atoms with Crippen molar-refractivity contribution in [3.63, 3.8) is 0 Å². The van der Waals surface area contributed by atoms with Gasteiger partial charge in [-0.05, 0) is 25.0 Å². The zero-order valence-corrected chi connectivity index (χ0v) is 10.4. The van der Waals surface area contributed by atoms with Gasteiger partial charge in [0.15, 0.2) is 0 Å². The van der Waals surface area contributed by atoms with E-state index in [-0.39, 0.29) is 28.9 Å². The number of carbonyl (C=O) groups excluding carboxylic acids is 2. The highest BCUT2D eigenvalue weighted by Gasteiger charge is 2.28. The van der Waals surface area contributed by atoms with Gasteiger partial charge in [0, 0.05) is 19.0 Å². The van der Waals surface area contributed by atoms with Crippen LogP contribution in [0.2, 0.25) is 0 Å². The molecule has 19 heavy (non-hydrogen) atoms. The number of piperidine rings is 1. The SMILES string of the molecule is NC(=O)C1CCN(C(=O)c2c(O)cccc2O)CC1. The lowest BCUT2D eigenvalue weighted by Crippen LogP contribution is -2.41. The summed E-state index contributed by atoms with van der Waals surface area (Å²) in [5.74, 6) is -1.48. The first-order valence-electron chi connectivity index (χ1n) is 6.10. The molecule has 1 saturated heterocycles. The monoisotopic (exact) mass is 264 g/mol. The second-order valence-electron chi connectivity index (χ2n) is 4.64. The zero-order chi connectivity index (χ0) is 14.0. The minimum atomic E-state index is -0.432. The highest BCUT2D eigenvalue weighted by molar-refractivity contribution is 5.99. The van der Waals surface area contributed by atoms with Crippen molar-refractivity contribution in [2.45, 2.75) is 12.8 Å². The fourth-order valence-corrected chi connectivity index (χ4v) is 2.27. The van der Waals surface area contributed by atoms with Crippen molar-refractivity contribution < 1.29 is 19.8 Å². The van der Waals surface area contributed by atoms with Gasteiger partial charge >= 0.3 is 0 Å². The van der Waals surface area contributed by atoms with E-state index in [0.29, 0.717) is 25.9 Å². The van der Waals surface area contributed by atoms with Crippen LogP contribution in [0.4, 0.5) is 0 Å². The normalized spacial score (nSPS) is 16.3. The van der Waals surface area contributed by atoms with Gasteiger partial charge in [-0.15, -0.1) is 0 Å². The van der Waals surface area contributed by atoms with Crippen LogP contribution in [0.3, 0.4) is 0 Å². The Morgan fingerprint density at radius 2 is 1.68 bits per heavy atom. The third kappa shape index (κ3) is 2.62. The topological polar surface area (TPSA) is 104 Å². The summed E-state index contributed by atoms with van der Waals surface area (Å²) >= 11 is 0. The van der Waals surface area contributed by atoms with Gasteiger partial charge in [-0.2, -0.15) is 0 Å². The van der Waals surface area contributed by atoms with Gasteiger partial charge in [-0.25, -0.2) is 0 Å². The summed E-state index contributed by atoms with van der Waals surface area (Å²) in [5, 5.41) is 19.3. The fraction of sp³-hybridized carbons (Fsp3) is 0.385. The van der Waals surface area contributed by atoms with E-state index in [2.05, 4.69) is 0 Å². The van der Waals surface area contributed by atoms with Crippen LogP contribution in [-0.2, 0) is 4.79 Å². The van der Waals surface area contributed by atoms with E-state index >= 15 is 0 Å². The van der Waals surface area contributed by atoms with Crippen LogP contribution in [0.5, 0.6) is 11.5 Å². The van der Waals surface area contributed by atoms with Crippen LogP contribution in [0.1, 0.15) is 23.2 Å². The molecule has 0 unspecified atom stereocenters. The molecule has 102 valence electrons. The number of phenolic OH excluding ortho intramolecular Hbond substituents is 2. The predicted octanol–water partition coefficient (Wildman–Crippen LogP) is 0.435. The molecular formula is C13H16N2O4. The third-order valence-corrected chi connectivity index (χ3v) is 3.42. The van der Waals surface area contributed by atoms with Crippen molar-refractivity contribution in [2.75, 3.05) is 13.1 Å². The van der Waals surface area contributed by atoms with Crippen LogP contribution >= 0.6 is 0 Å². The molecule has 6 heteroatoms. The van der Waals surface area contributed by atoms with Crippen molar-refractivity contribution in [2.24, 2.45) is 11.7 Å². The minimum Gasteiger partial charge on any atom is -0.507 e. The zero-order valence-electron chi connectivity index (χ0n) is 10.4. The fourth-order valence-electron chi connectivity index (χ4n) is 2.27. The van der Waals surface area contributed by atoms with Crippen molar-refractivity contribution >= 4 is 11.8 Å². The van der Waals surface area contributed by atoms with Gasteiger partial charge in [-0.3, -0.25) is 9.59 Å². The first-order chi connectivity index (χ1) is 9.00. The summed E-state index contributed by atoms with van der Waals surface area (Å²) in [6.07, 6.45) is 1.02. The molecule has 0 radical (unpaired) electrons. The highest BCUT2D eigenvalue weighted by atomic mass is 16.3. The van der Waals surface area contributed by atoms with E-state index in [1.807, 2.05) is 0 Å². The molecule has 1 heterocycles. The average Bonchev–Trinajstić information content (AvgIpc) is 2.38. The summed E-state index contributed by atoms with van der Waals surface area (Å²) in [6, 6.07) is 4.16. The summed E-state index contributed by atoms with van der Waals surface area (Å²) in [7, 11) is 0. The summed E-state index contributed by atoms with van der Waals surface area (Å²) in [6.45, 7) is 0.778. The number of aromatic hydroxyl groups is 2. The molecule has 1 aliphatic heterocycles. The highest BCUT2D eigenvalue weighted by Crippen LogP contribution is 2.29. The molecule has 0 spiro atoms. The first kappa shape index (κ1) is 13.2. The number of rotatable bonds is 2. The number of nitrogens with zero attached hydrogens (tertiary/aromatic N) is 1. The second kappa shape index (κ2) is 5.17. The quantitative estimate of drug-likeness (QED) is 0.720. The molecule has 1 fully saturated rings. The van der Waals surface area contributed by atoms with Crippen LogP contribution < -0.4 is 5.73 Å². The molecule has 0 aliphatic carbocycles. The van der Waals surface area contributed by atoms with Crippen LogP contribution in [0.15, 0.2) is 18.2 Å². The van der Waals surface area contributed by atoms with Gasteiger partial charge in [-0.1, -0.05) is 6.07 Å². The van der Waals surface area contributed by atoms with Gasteiger partial charge < -0.3 is 20.8 Å². The summed E-state index contributed by atoms with van der Waals surface area (Å²) in [4.78, 5) is 24.8. The number of hydrogen-bond acceptors (Lipinski definition) is 4. The molecule has 0 aromatic heterocycles. The van der Waals surface area contributed by atoms with Gasteiger partial charge in [0.2, 0.25) is 5.91 Å². The Kier molecular flexibility index (Phi) is 3.59. The molecule has 1 aliphatic rings. The molecule has 4 N–H and O–H groups in total. The van der Waals surface area contributed by atoms with E-state index in [1.54, 1.807) is 0 Å². The van der Waals surface area contributed by atoms with Crippen molar-refractivity contribution in [1.29, 1.82) is 0 Å². The van der Waals surface area contributed by atoms with E-state index in [0.717, 1.165) is 0 Å². The lowest BCUT2D eigenvalue weighted by molar-refractivity contribution is -0.123. The van der Waals surface area contributed by atoms with E-state index < -0.39 is 5.91 Å². The number of nitrogens with two attached hydrogens (primary N) is 1. The number of hydrogen-bond donors (Lipinski definition) is 3. The minimum absolute atomic E-state index is 0.0972. The number of amides is 2. The van der Waals surface area contributed by atoms with Crippen LogP contribution in [-0.4, -0.2) is 40.0 Å². The number of primary amides is 1. The smallest absolute Gasteiger partial charge is 0.261 e. The number of carbonyl (C=O) groups is 2. The molecule has 0 saturated carbocycles. The first-order valence-corrected chi connectivity index (χ1v) is 6.10. The van der Waals surface area contributed by atoms with E-state index in [9.17, 15) is 19.8 Å². The Hall–Kier alpha value is -2.24. The van der Waals surface area contributed by atoms with Gasteiger partial charge in [0.05, 0.1) is 0 Å². The predicted molar refractivity (Wildman–Crippen MR) is 67.6 cm³/mol. The maximum absolute atomic E-state index is 12.2. The van der Waals surface area contributed by atoms with Gasteiger partial charge in [0.25, 0.3) is 5.91 Å². The molecule has 6 nitrogen and oxygen atoms in total. The maximum atomic E-state index is 12.2. The number of benzene rings is 1. The summed E-state index contributed by atoms with van der Waals surface area (Å²) < 4.78 is 0. The Balaban J connectivity index is 2.12. The molecule has 2 amide bonds. The largest absolute Gasteiger partial charge is 0.507 e. The molecular weight excluding hydrogens is 248 g/mol. The molecule has 0 bridgehead atoms. The third-order valence-electron chi connectivity index (χ3n) is 3.42. The Morgan fingerprint density at radius 1 is 1.16 bits per heavy atom. The Morgan fingerprint density at radius 3 is 2.16 bits per heavy atom. The number of likely N-dealkylation sites (tertiary alicyclic amines) is 1. The molecule has 0 atom stereocenters. The lowest BCUT2D eigenvalue weighted by Gasteiger charge is -2.30. The molecule has 2 rings (SSSR count). The van der Waals surface area contributed by atoms with Crippen molar-refractivity contribution in [3.8, 4) is 11.5 Å². The molecule has 1 aromatic carbocycles. The van der Waals surface area contributed by atoms with Crippen LogP contribution in [0.25, 0.3) is 0 Å². The lowest BCUT2D eigenvalue weighted by atomic mass is 9.95. The van der Waals surface area contributed by atoms with Crippen molar-refractivity contribution in [1.82, 2.24) is 4.90 Å². The summed E-state index contributed by atoms with van der Waals surface area (Å²) in [5.41, 5.74) is 5.13. The van der Waals surface area contributed by atoms with E-state index in [1.165, 1.54) is 23.1 Å². The maximum Gasteiger partial charge on any atom is 0.261 e. The van der Waals surface area contributed by atoms with Crippen molar-refractivity contribution in [3.05, 3.63) is 23.8 Å². The second-order valence-corrected chi connectivity index (χ2v) is 4.64. The number of phenols is 2. The Labute approximate surface area is 110 Å². The average molecular weight is 264 g/mol.